The molecule has 0 radical (unpaired) electrons. The van der Waals surface area contributed by atoms with E-state index in [4.69, 9.17) is 10.5 Å². The Morgan fingerprint density at radius 3 is 2.26 bits per heavy atom. The zero-order valence-corrected chi connectivity index (χ0v) is 22.1. The van der Waals surface area contributed by atoms with Gasteiger partial charge >= 0.3 is 0 Å². The van der Waals surface area contributed by atoms with E-state index in [0.717, 1.165) is 44.6 Å². The average molecular weight is 554 g/mol. The molecule has 2 saturated heterocycles. The minimum absolute atomic E-state index is 0.0382. The van der Waals surface area contributed by atoms with E-state index < -0.39 is 39.4 Å². The summed E-state index contributed by atoms with van der Waals surface area (Å²) < 4.78 is 74.3. The SMILES string of the molecule is NC1CN(c2ncc(OCC3CCN(S(=O)(=O)CC4CCCC4)CC3)cn2)C[C@@H]1c1cc(F)c(F)cc1F. The molecular weight excluding hydrogens is 519 g/mol. The van der Waals surface area contributed by atoms with E-state index in [-0.39, 0.29) is 23.8 Å². The molecule has 2 aliphatic heterocycles. The van der Waals surface area contributed by atoms with Crippen molar-refractivity contribution in [1.82, 2.24) is 14.3 Å². The zero-order chi connectivity index (χ0) is 26.9. The predicted molar refractivity (Wildman–Crippen MR) is 137 cm³/mol. The van der Waals surface area contributed by atoms with Crippen LogP contribution in [0.25, 0.3) is 0 Å². The van der Waals surface area contributed by atoms with E-state index in [2.05, 4.69) is 9.97 Å². The largest absolute Gasteiger partial charge is 0.490 e. The highest BCUT2D eigenvalue weighted by atomic mass is 32.2. The van der Waals surface area contributed by atoms with Gasteiger partial charge in [-0.1, -0.05) is 12.8 Å². The van der Waals surface area contributed by atoms with Gasteiger partial charge in [0.25, 0.3) is 0 Å². The van der Waals surface area contributed by atoms with Gasteiger partial charge in [-0.15, -0.1) is 0 Å². The van der Waals surface area contributed by atoms with Crippen LogP contribution in [0.5, 0.6) is 5.75 Å². The molecule has 38 heavy (non-hydrogen) atoms. The first-order valence-electron chi connectivity index (χ1n) is 13.3. The number of halogens is 3. The van der Waals surface area contributed by atoms with Gasteiger partial charge in [-0.25, -0.2) is 35.9 Å². The van der Waals surface area contributed by atoms with Crippen molar-refractivity contribution >= 4 is 16.0 Å². The summed E-state index contributed by atoms with van der Waals surface area (Å²) in [6, 6.07) is 0.912. The molecule has 0 bridgehead atoms. The Labute approximate surface area is 221 Å². The summed E-state index contributed by atoms with van der Waals surface area (Å²) in [4.78, 5) is 10.5. The Hall–Kier alpha value is -2.44. The van der Waals surface area contributed by atoms with Crippen molar-refractivity contribution in [2.24, 2.45) is 17.6 Å². The lowest BCUT2D eigenvalue weighted by Crippen LogP contribution is -2.41. The third-order valence-electron chi connectivity index (χ3n) is 8.08. The first-order valence-corrected chi connectivity index (χ1v) is 14.9. The smallest absolute Gasteiger partial charge is 0.225 e. The number of anilines is 1. The number of nitrogens with two attached hydrogens (primary N) is 1. The van der Waals surface area contributed by atoms with Gasteiger partial charge in [0.2, 0.25) is 16.0 Å². The van der Waals surface area contributed by atoms with Crippen molar-refractivity contribution in [2.75, 3.05) is 43.4 Å². The minimum Gasteiger partial charge on any atom is -0.490 e. The van der Waals surface area contributed by atoms with Crippen LogP contribution in [0.4, 0.5) is 19.1 Å². The van der Waals surface area contributed by atoms with Crippen molar-refractivity contribution in [3.8, 4) is 5.75 Å². The molecule has 12 heteroatoms. The fourth-order valence-corrected chi connectivity index (χ4v) is 7.75. The molecule has 3 fully saturated rings. The van der Waals surface area contributed by atoms with Crippen LogP contribution in [0.1, 0.15) is 50.0 Å². The number of sulfonamides is 1. The molecule has 1 aromatic carbocycles. The van der Waals surface area contributed by atoms with E-state index in [0.29, 0.717) is 49.9 Å². The Balaban J connectivity index is 1.10. The second kappa shape index (κ2) is 11.4. The van der Waals surface area contributed by atoms with Gasteiger partial charge in [-0.2, -0.15) is 0 Å². The predicted octanol–water partition coefficient (Wildman–Crippen LogP) is 3.44. The molecule has 1 aromatic heterocycles. The summed E-state index contributed by atoms with van der Waals surface area (Å²) in [5.74, 6) is -1.99. The first-order chi connectivity index (χ1) is 18.2. The van der Waals surface area contributed by atoms with Gasteiger partial charge in [0.05, 0.1) is 24.8 Å². The molecule has 0 spiro atoms. The lowest BCUT2D eigenvalue weighted by Gasteiger charge is -2.31. The van der Waals surface area contributed by atoms with Crippen molar-refractivity contribution in [3.63, 3.8) is 0 Å². The lowest BCUT2D eigenvalue weighted by molar-refractivity contribution is 0.184. The van der Waals surface area contributed by atoms with E-state index >= 15 is 0 Å². The normalized spacial score (nSPS) is 23.8. The summed E-state index contributed by atoms with van der Waals surface area (Å²) in [7, 11) is -3.20. The van der Waals surface area contributed by atoms with Gasteiger partial charge in [0, 0.05) is 44.2 Å². The summed E-state index contributed by atoms with van der Waals surface area (Å²) in [6.07, 6.45) is 8.90. The Morgan fingerprint density at radius 1 is 0.921 bits per heavy atom. The van der Waals surface area contributed by atoms with Gasteiger partial charge in [0.15, 0.2) is 17.4 Å². The second-order valence-corrected chi connectivity index (χ2v) is 12.8. The van der Waals surface area contributed by atoms with Crippen LogP contribution in [-0.4, -0.2) is 67.3 Å². The number of benzene rings is 1. The van der Waals surface area contributed by atoms with Crippen LogP contribution in [0, 0.1) is 29.3 Å². The molecular formula is C26H34F3N5O3S. The number of piperidine rings is 1. The molecule has 8 nitrogen and oxygen atoms in total. The quantitative estimate of drug-likeness (QED) is 0.500. The Morgan fingerprint density at radius 2 is 1.58 bits per heavy atom. The van der Waals surface area contributed by atoms with E-state index in [1.165, 1.54) is 0 Å². The number of hydrogen-bond acceptors (Lipinski definition) is 7. The maximum atomic E-state index is 14.3. The molecule has 208 valence electrons. The molecule has 5 rings (SSSR count). The highest BCUT2D eigenvalue weighted by Crippen LogP contribution is 2.32. The van der Waals surface area contributed by atoms with Gasteiger partial charge in [-0.05, 0) is 49.1 Å². The number of nitrogens with zero attached hydrogens (tertiary/aromatic N) is 4. The molecule has 3 heterocycles. The summed E-state index contributed by atoms with van der Waals surface area (Å²) in [5, 5.41) is 0. The topological polar surface area (TPSA) is 102 Å². The van der Waals surface area contributed by atoms with Crippen molar-refractivity contribution < 1.29 is 26.3 Å². The minimum atomic E-state index is -3.20. The third-order valence-corrected chi connectivity index (χ3v) is 10.1. The summed E-state index contributed by atoms with van der Waals surface area (Å²) >= 11 is 0. The van der Waals surface area contributed by atoms with Gasteiger partial charge < -0.3 is 15.4 Å². The number of rotatable bonds is 8. The molecule has 1 saturated carbocycles. The zero-order valence-electron chi connectivity index (χ0n) is 21.2. The van der Waals surface area contributed by atoms with Crippen molar-refractivity contribution in [3.05, 3.63) is 47.5 Å². The molecule has 3 aliphatic rings. The summed E-state index contributed by atoms with van der Waals surface area (Å²) in [6.45, 7) is 2.10. The molecule has 2 aromatic rings. The highest BCUT2D eigenvalue weighted by Gasteiger charge is 2.35. The van der Waals surface area contributed by atoms with Crippen LogP contribution in [0.2, 0.25) is 0 Å². The molecule has 0 amide bonds. The fraction of sp³-hybridized carbons (Fsp3) is 0.615. The van der Waals surface area contributed by atoms with E-state index in [1.54, 1.807) is 21.6 Å². The third kappa shape index (κ3) is 6.07. The number of ether oxygens (including phenoxy) is 1. The van der Waals surface area contributed by atoms with Crippen molar-refractivity contribution in [2.45, 2.75) is 50.5 Å². The number of hydrogen-bond donors (Lipinski definition) is 1. The standard InChI is InChI=1S/C26H34F3N5O3S/c27-22-10-24(29)23(28)9-20(22)21-13-33(14-25(21)30)26-31-11-19(12-32-26)37-15-17-5-7-34(8-6-17)38(35,36)16-18-3-1-2-4-18/h9-12,17-18,21,25H,1-8,13-16,30H2/t21-,25?/m1/s1. The summed E-state index contributed by atoms with van der Waals surface area (Å²) in [5.41, 5.74) is 6.23. The number of aromatic nitrogens is 2. The Kier molecular flexibility index (Phi) is 8.11. The lowest BCUT2D eigenvalue weighted by atomic mass is 9.94. The highest BCUT2D eigenvalue weighted by molar-refractivity contribution is 7.89. The maximum Gasteiger partial charge on any atom is 0.225 e. The second-order valence-electron chi connectivity index (χ2n) is 10.8. The fourth-order valence-electron chi connectivity index (χ4n) is 5.84. The van der Waals surface area contributed by atoms with Crippen LogP contribution < -0.4 is 15.4 Å². The van der Waals surface area contributed by atoms with Crippen LogP contribution in [0.15, 0.2) is 24.5 Å². The van der Waals surface area contributed by atoms with E-state index in [1.807, 2.05) is 0 Å². The maximum absolute atomic E-state index is 14.3. The molecule has 2 atom stereocenters. The molecule has 2 N–H and O–H groups in total. The van der Waals surface area contributed by atoms with E-state index in [9.17, 15) is 21.6 Å². The van der Waals surface area contributed by atoms with Crippen molar-refractivity contribution in [1.29, 1.82) is 0 Å². The van der Waals surface area contributed by atoms with Gasteiger partial charge in [-0.3, -0.25) is 0 Å². The Bertz CT molecular complexity index is 1220. The van der Waals surface area contributed by atoms with Crippen LogP contribution in [0.3, 0.4) is 0 Å². The molecule has 1 unspecified atom stereocenters. The monoisotopic (exact) mass is 553 g/mol. The van der Waals surface area contributed by atoms with Gasteiger partial charge in [0.1, 0.15) is 5.82 Å². The molecule has 1 aliphatic carbocycles. The first kappa shape index (κ1) is 27.1. The van der Waals surface area contributed by atoms with Crippen LogP contribution in [-0.2, 0) is 10.0 Å². The average Bonchev–Trinajstić information content (AvgIpc) is 3.55. The van der Waals surface area contributed by atoms with Crippen LogP contribution >= 0.6 is 0 Å².